The zero-order valence-corrected chi connectivity index (χ0v) is 14.3. The van der Waals surface area contributed by atoms with E-state index < -0.39 is 0 Å². The van der Waals surface area contributed by atoms with Gasteiger partial charge in [0.25, 0.3) is 0 Å². The SMILES string of the molecule is CC(=O)N1CCC(C)(c2ccccc2)c2ccc(N(C)C)cc21. The minimum absolute atomic E-state index is 0.0621. The van der Waals surface area contributed by atoms with Crippen molar-refractivity contribution < 1.29 is 4.79 Å². The maximum absolute atomic E-state index is 12.1. The largest absolute Gasteiger partial charge is 0.378 e. The third-order valence-corrected chi connectivity index (χ3v) is 5.01. The lowest BCUT2D eigenvalue weighted by Gasteiger charge is -2.42. The van der Waals surface area contributed by atoms with Gasteiger partial charge in [0, 0.05) is 44.4 Å². The van der Waals surface area contributed by atoms with E-state index in [0.29, 0.717) is 0 Å². The molecule has 2 aromatic carbocycles. The van der Waals surface area contributed by atoms with Crippen LogP contribution in [0.3, 0.4) is 0 Å². The fourth-order valence-corrected chi connectivity index (χ4v) is 3.51. The lowest BCUT2D eigenvalue weighted by atomic mass is 9.71. The van der Waals surface area contributed by atoms with Gasteiger partial charge in [0.15, 0.2) is 0 Å². The number of benzene rings is 2. The molecule has 120 valence electrons. The van der Waals surface area contributed by atoms with Gasteiger partial charge in [-0.25, -0.2) is 0 Å². The Kier molecular flexibility index (Phi) is 3.88. The molecule has 0 spiro atoms. The average Bonchev–Trinajstić information content (AvgIpc) is 2.55. The molecule has 0 saturated heterocycles. The van der Waals surface area contributed by atoms with Crippen molar-refractivity contribution in [3.8, 4) is 0 Å². The molecule has 0 N–H and O–H groups in total. The van der Waals surface area contributed by atoms with Gasteiger partial charge in [0.2, 0.25) is 5.91 Å². The summed E-state index contributed by atoms with van der Waals surface area (Å²) >= 11 is 0. The van der Waals surface area contributed by atoms with E-state index in [2.05, 4.69) is 54.3 Å². The summed E-state index contributed by atoms with van der Waals surface area (Å²) in [5.74, 6) is 0.109. The Morgan fingerprint density at radius 1 is 1.13 bits per heavy atom. The molecule has 23 heavy (non-hydrogen) atoms. The quantitative estimate of drug-likeness (QED) is 0.842. The molecule has 0 bridgehead atoms. The molecule has 1 atom stereocenters. The number of nitrogens with zero attached hydrogens (tertiary/aromatic N) is 2. The van der Waals surface area contributed by atoms with Crippen molar-refractivity contribution in [2.75, 3.05) is 30.4 Å². The fourth-order valence-electron chi connectivity index (χ4n) is 3.51. The molecule has 1 heterocycles. The van der Waals surface area contributed by atoms with Crippen molar-refractivity contribution in [1.29, 1.82) is 0 Å². The van der Waals surface area contributed by atoms with E-state index in [1.54, 1.807) is 6.92 Å². The highest BCUT2D eigenvalue weighted by molar-refractivity contribution is 5.94. The number of hydrogen-bond donors (Lipinski definition) is 0. The number of fused-ring (bicyclic) bond motifs is 1. The second-order valence-corrected chi connectivity index (χ2v) is 6.71. The maximum atomic E-state index is 12.1. The Morgan fingerprint density at radius 2 is 1.83 bits per heavy atom. The van der Waals surface area contributed by atoms with Crippen LogP contribution < -0.4 is 9.80 Å². The number of amides is 1. The van der Waals surface area contributed by atoms with Crippen LogP contribution >= 0.6 is 0 Å². The van der Waals surface area contributed by atoms with Gasteiger partial charge in [-0.15, -0.1) is 0 Å². The minimum atomic E-state index is -0.0621. The Balaban J connectivity index is 2.19. The molecule has 3 heteroatoms. The molecule has 3 rings (SSSR count). The van der Waals surface area contributed by atoms with E-state index in [0.717, 1.165) is 24.3 Å². The van der Waals surface area contributed by atoms with Gasteiger partial charge in [-0.3, -0.25) is 4.79 Å². The van der Waals surface area contributed by atoms with E-state index in [4.69, 9.17) is 0 Å². The topological polar surface area (TPSA) is 23.6 Å². The highest BCUT2D eigenvalue weighted by Gasteiger charge is 2.37. The molecule has 0 saturated carbocycles. The lowest BCUT2D eigenvalue weighted by molar-refractivity contribution is -0.116. The van der Waals surface area contributed by atoms with Crippen molar-refractivity contribution in [3.05, 3.63) is 59.7 Å². The van der Waals surface area contributed by atoms with Crippen LogP contribution in [-0.2, 0) is 10.2 Å². The van der Waals surface area contributed by atoms with Crippen LogP contribution in [-0.4, -0.2) is 26.5 Å². The van der Waals surface area contributed by atoms with E-state index in [1.165, 1.54) is 11.1 Å². The number of hydrogen-bond acceptors (Lipinski definition) is 2. The summed E-state index contributed by atoms with van der Waals surface area (Å²) in [5, 5.41) is 0. The van der Waals surface area contributed by atoms with Gasteiger partial charge in [0.1, 0.15) is 0 Å². The molecular formula is C20H24N2O. The lowest BCUT2D eigenvalue weighted by Crippen LogP contribution is -2.41. The zero-order valence-electron chi connectivity index (χ0n) is 14.3. The van der Waals surface area contributed by atoms with Crippen LogP contribution in [0.5, 0.6) is 0 Å². The minimum Gasteiger partial charge on any atom is -0.378 e. The van der Waals surface area contributed by atoms with Gasteiger partial charge in [-0.1, -0.05) is 43.3 Å². The van der Waals surface area contributed by atoms with Crippen molar-refractivity contribution >= 4 is 17.3 Å². The Hall–Kier alpha value is -2.29. The number of anilines is 2. The summed E-state index contributed by atoms with van der Waals surface area (Å²) in [6.45, 7) is 4.69. The molecule has 0 aliphatic carbocycles. The first kappa shape index (κ1) is 15.6. The first-order valence-electron chi connectivity index (χ1n) is 8.09. The summed E-state index contributed by atoms with van der Waals surface area (Å²) in [4.78, 5) is 16.1. The fraction of sp³-hybridized carbons (Fsp3) is 0.350. The summed E-state index contributed by atoms with van der Waals surface area (Å²) in [6, 6.07) is 17.1. The molecule has 3 nitrogen and oxygen atoms in total. The molecule has 2 aromatic rings. The predicted octanol–water partition coefficient (Wildman–Crippen LogP) is 3.82. The van der Waals surface area contributed by atoms with Crippen molar-refractivity contribution in [1.82, 2.24) is 0 Å². The van der Waals surface area contributed by atoms with E-state index in [9.17, 15) is 4.79 Å². The highest BCUT2D eigenvalue weighted by Crippen LogP contribution is 2.45. The number of carbonyl (C=O) groups is 1. The van der Waals surface area contributed by atoms with Gasteiger partial charge < -0.3 is 9.80 Å². The summed E-state index contributed by atoms with van der Waals surface area (Å²) in [5.41, 5.74) is 4.64. The molecule has 0 radical (unpaired) electrons. The van der Waals surface area contributed by atoms with Crippen LogP contribution in [0.4, 0.5) is 11.4 Å². The standard InChI is InChI=1S/C20H24N2O/c1-15(23)22-13-12-20(2,16-8-6-5-7-9-16)18-11-10-17(21(3)4)14-19(18)22/h5-11,14H,12-13H2,1-4H3. The molecule has 1 amide bonds. The zero-order chi connectivity index (χ0) is 16.6. The second-order valence-electron chi connectivity index (χ2n) is 6.71. The summed E-state index contributed by atoms with van der Waals surface area (Å²) in [7, 11) is 4.05. The van der Waals surface area contributed by atoms with Crippen LogP contribution in [0.1, 0.15) is 31.4 Å². The monoisotopic (exact) mass is 308 g/mol. The summed E-state index contributed by atoms with van der Waals surface area (Å²) in [6.07, 6.45) is 0.935. The normalized spacial score (nSPS) is 20.1. The molecular weight excluding hydrogens is 284 g/mol. The van der Waals surface area contributed by atoms with Crippen molar-refractivity contribution in [2.45, 2.75) is 25.7 Å². The first-order chi connectivity index (χ1) is 10.9. The smallest absolute Gasteiger partial charge is 0.223 e. The average molecular weight is 308 g/mol. The van der Waals surface area contributed by atoms with E-state index in [-0.39, 0.29) is 11.3 Å². The Labute approximate surface area is 138 Å². The van der Waals surface area contributed by atoms with E-state index in [1.807, 2.05) is 25.1 Å². The molecule has 1 aliphatic rings. The van der Waals surface area contributed by atoms with Gasteiger partial charge in [0.05, 0.1) is 0 Å². The van der Waals surface area contributed by atoms with Gasteiger partial charge in [-0.2, -0.15) is 0 Å². The second kappa shape index (κ2) is 5.73. The number of carbonyl (C=O) groups excluding carboxylic acids is 1. The van der Waals surface area contributed by atoms with Crippen LogP contribution in [0, 0.1) is 0 Å². The van der Waals surface area contributed by atoms with Crippen LogP contribution in [0.25, 0.3) is 0 Å². The maximum Gasteiger partial charge on any atom is 0.223 e. The van der Waals surface area contributed by atoms with E-state index >= 15 is 0 Å². The molecule has 0 fully saturated rings. The third kappa shape index (κ3) is 2.61. The first-order valence-corrected chi connectivity index (χ1v) is 8.09. The summed E-state index contributed by atoms with van der Waals surface area (Å²) < 4.78 is 0. The Morgan fingerprint density at radius 3 is 2.43 bits per heavy atom. The molecule has 1 aliphatic heterocycles. The third-order valence-electron chi connectivity index (χ3n) is 5.01. The number of rotatable bonds is 2. The highest BCUT2D eigenvalue weighted by atomic mass is 16.2. The predicted molar refractivity (Wildman–Crippen MR) is 96.3 cm³/mol. The molecule has 1 unspecified atom stereocenters. The Bertz CT molecular complexity index is 724. The van der Waals surface area contributed by atoms with Crippen LogP contribution in [0.2, 0.25) is 0 Å². The van der Waals surface area contributed by atoms with Crippen molar-refractivity contribution in [3.63, 3.8) is 0 Å². The molecule has 0 aromatic heterocycles. The van der Waals surface area contributed by atoms with Crippen molar-refractivity contribution in [2.24, 2.45) is 0 Å². The van der Waals surface area contributed by atoms with Gasteiger partial charge >= 0.3 is 0 Å². The van der Waals surface area contributed by atoms with Crippen LogP contribution in [0.15, 0.2) is 48.5 Å². The van der Waals surface area contributed by atoms with Gasteiger partial charge in [-0.05, 0) is 29.7 Å².